The first kappa shape index (κ1) is 11.3. The lowest BCUT2D eigenvalue weighted by Crippen LogP contribution is -2.08. The third-order valence-electron chi connectivity index (χ3n) is 3.59. The molecule has 1 aliphatic carbocycles. The Bertz CT molecular complexity index is 584. The highest BCUT2D eigenvalue weighted by molar-refractivity contribution is 5.81. The second-order valence-electron chi connectivity index (χ2n) is 4.72. The third-order valence-corrected chi connectivity index (χ3v) is 3.59. The van der Waals surface area contributed by atoms with Crippen LogP contribution >= 0.6 is 0 Å². The number of aliphatic hydroxyl groups is 1. The summed E-state index contributed by atoms with van der Waals surface area (Å²) in [4.78, 5) is 11.4. The molecule has 0 aromatic carbocycles. The zero-order valence-corrected chi connectivity index (χ0v) is 9.75. The van der Waals surface area contributed by atoms with Gasteiger partial charge in [-0.25, -0.2) is 4.98 Å². The molecular formula is C11H14FN5O. The minimum atomic E-state index is -0.835. The smallest absolute Gasteiger partial charge is 0.312 e. The molecule has 18 heavy (non-hydrogen) atoms. The Kier molecular flexibility index (Phi) is 2.62. The van der Waals surface area contributed by atoms with E-state index in [-0.39, 0.29) is 18.5 Å². The maximum Gasteiger partial charge on any atom is 0.312 e. The van der Waals surface area contributed by atoms with Gasteiger partial charge in [-0.1, -0.05) is 0 Å². The maximum absolute atomic E-state index is 13.2. The quantitative estimate of drug-likeness (QED) is 0.773. The van der Waals surface area contributed by atoms with Gasteiger partial charge in [-0.05, 0) is 25.2 Å². The molecule has 6 nitrogen and oxygen atoms in total. The van der Waals surface area contributed by atoms with Gasteiger partial charge in [-0.3, -0.25) is 0 Å². The van der Waals surface area contributed by atoms with Crippen LogP contribution in [0.5, 0.6) is 0 Å². The number of hydrogen-bond acceptors (Lipinski definition) is 5. The molecule has 0 bridgehead atoms. The Morgan fingerprint density at radius 2 is 2.28 bits per heavy atom. The topological polar surface area (TPSA) is 89.9 Å². The van der Waals surface area contributed by atoms with Crippen molar-refractivity contribution in [2.45, 2.75) is 25.3 Å². The van der Waals surface area contributed by atoms with Crippen molar-refractivity contribution < 1.29 is 9.50 Å². The van der Waals surface area contributed by atoms with E-state index in [9.17, 15) is 4.39 Å². The third kappa shape index (κ3) is 1.71. The summed E-state index contributed by atoms with van der Waals surface area (Å²) >= 11 is 0. The normalized spacial score (nSPS) is 23.9. The van der Waals surface area contributed by atoms with Gasteiger partial charge >= 0.3 is 6.08 Å². The predicted molar refractivity (Wildman–Crippen MR) is 63.2 cm³/mol. The number of aliphatic hydroxyl groups excluding tert-OH is 1. The molecule has 0 unspecified atom stereocenters. The Balaban J connectivity index is 2.03. The summed E-state index contributed by atoms with van der Waals surface area (Å²) in [7, 11) is 0. The fourth-order valence-corrected chi connectivity index (χ4v) is 2.64. The first-order valence-corrected chi connectivity index (χ1v) is 5.95. The van der Waals surface area contributed by atoms with Crippen molar-refractivity contribution in [2.75, 3.05) is 12.3 Å². The van der Waals surface area contributed by atoms with E-state index in [1.807, 2.05) is 4.57 Å². The van der Waals surface area contributed by atoms with E-state index in [1.54, 1.807) is 6.33 Å². The zero-order chi connectivity index (χ0) is 12.7. The number of nitrogen functional groups attached to an aromatic ring is 1. The SMILES string of the molecule is Nc1nc(F)nc2c1ncn2[C@H]1CC[C@@H](CO)C1. The number of hydrogen-bond donors (Lipinski definition) is 2. The highest BCUT2D eigenvalue weighted by Crippen LogP contribution is 2.35. The van der Waals surface area contributed by atoms with Crippen molar-refractivity contribution in [3.8, 4) is 0 Å². The summed E-state index contributed by atoms with van der Waals surface area (Å²) < 4.78 is 15.0. The molecule has 3 N–H and O–H groups in total. The number of nitrogens with two attached hydrogens (primary N) is 1. The standard InChI is InChI=1S/C11H14FN5O/c12-11-15-9(13)8-10(16-11)17(5-14-8)7-2-1-6(3-7)4-18/h5-7,18H,1-4H2,(H2,13,15,16)/t6-,7+/m1/s1. The lowest BCUT2D eigenvalue weighted by Gasteiger charge is -2.12. The van der Waals surface area contributed by atoms with Crippen LogP contribution in [-0.4, -0.2) is 31.2 Å². The van der Waals surface area contributed by atoms with Gasteiger partial charge in [-0.2, -0.15) is 14.4 Å². The van der Waals surface area contributed by atoms with Crippen LogP contribution in [0.25, 0.3) is 11.2 Å². The van der Waals surface area contributed by atoms with E-state index in [0.717, 1.165) is 19.3 Å². The van der Waals surface area contributed by atoms with Crippen molar-refractivity contribution in [1.29, 1.82) is 0 Å². The molecule has 3 rings (SSSR count). The molecule has 2 aromatic heterocycles. The van der Waals surface area contributed by atoms with E-state index in [2.05, 4.69) is 15.0 Å². The summed E-state index contributed by atoms with van der Waals surface area (Å²) in [5.74, 6) is 0.365. The van der Waals surface area contributed by atoms with Crippen molar-refractivity contribution in [3.05, 3.63) is 12.4 Å². The minimum Gasteiger partial charge on any atom is -0.396 e. The number of imidazole rings is 1. The molecular weight excluding hydrogens is 237 g/mol. The summed E-state index contributed by atoms with van der Waals surface area (Å²) in [6, 6.07) is 0.195. The molecule has 1 fully saturated rings. The zero-order valence-electron chi connectivity index (χ0n) is 9.75. The summed E-state index contributed by atoms with van der Waals surface area (Å²) in [5.41, 5.74) is 6.48. The van der Waals surface area contributed by atoms with Crippen molar-refractivity contribution >= 4 is 17.0 Å². The number of nitrogens with zero attached hydrogens (tertiary/aromatic N) is 4. The monoisotopic (exact) mass is 251 g/mol. The number of rotatable bonds is 2. The number of anilines is 1. The molecule has 2 atom stereocenters. The molecule has 0 spiro atoms. The number of fused-ring (bicyclic) bond motifs is 1. The van der Waals surface area contributed by atoms with Gasteiger partial charge in [0.2, 0.25) is 0 Å². The minimum absolute atomic E-state index is 0.0629. The van der Waals surface area contributed by atoms with Gasteiger partial charge in [0.15, 0.2) is 11.5 Å². The van der Waals surface area contributed by atoms with Crippen LogP contribution in [0.15, 0.2) is 6.33 Å². The first-order valence-electron chi connectivity index (χ1n) is 5.95. The van der Waals surface area contributed by atoms with Crippen molar-refractivity contribution in [2.24, 2.45) is 5.92 Å². The van der Waals surface area contributed by atoms with Crippen molar-refractivity contribution in [3.63, 3.8) is 0 Å². The summed E-state index contributed by atoms with van der Waals surface area (Å²) in [6.45, 7) is 0.189. The molecule has 0 radical (unpaired) electrons. The number of halogens is 1. The first-order chi connectivity index (χ1) is 8.69. The second-order valence-corrected chi connectivity index (χ2v) is 4.72. The van der Waals surface area contributed by atoms with Crippen LogP contribution in [0.1, 0.15) is 25.3 Å². The Hall–Kier alpha value is -1.76. The van der Waals surface area contributed by atoms with Crippen LogP contribution in [0.4, 0.5) is 10.2 Å². The van der Waals surface area contributed by atoms with Crippen LogP contribution in [0.3, 0.4) is 0 Å². The Morgan fingerprint density at radius 3 is 3.00 bits per heavy atom. The summed E-state index contributed by atoms with van der Waals surface area (Å²) in [5, 5.41) is 9.15. The molecule has 96 valence electrons. The molecule has 2 heterocycles. The Labute approximate surface area is 103 Å². The average Bonchev–Trinajstić information content (AvgIpc) is 2.93. The highest BCUT2D eigenvalue weighted by atomic mass is 19.1. The highest BCUT2D eigenvalue weighted by Gasteiger charge is 2.27. The van der Waals surface area contributed by atoms with Gasteiger partial charge in [0.05, 0.1) is 6.33 Å². The fourth-order valence-electron chi connectivity index (χ4n) is 2.64. The van der Waals surface area contributed by atoms with E-state index in [1.165, 1.54) is 0 Å². The van der Waals surface area contributed by atoms with Crippen LogP contribution in [0, 0.1) is 12.0 Å². The molecule has 1 aliphatic rings. The summed E-state index contributed by atoms with van der Waals surface area (Å²) in [6.07, 6.45) is 3.54. The molecule has 1 saturated carbocycles. The second kappa shape index (κ2) is 4.16. The van der Waals surface area contributed by atoms with Gasteiger partial charge in [0.25, 0.3) is 0 Å². The predicted octanol–water partition coefficient (Wildman–Crippen LogP) is 0.881. The number of aromatic nitrogens is 4. The van der Waals surface area contributed by atoms with E-state index >= 15 is 0 Å². The molecule has 7 heteroatoms. The average molecular weight is 251 g/mol. The Morgan fingerprint density at radius 1 is 1.44 bits per heavy atom. The van der Waals surface area contributed by atoms with Gasteiger partial charge in [0, 0.05) is 12.6 Å². The van der Waals surface area contributed by atoms with Crippen LogP contribution in [-0.2, 0) is 0 Å². The van der Waals surface area contributed by atoms with Crippen LogP contribution < -0.4 is 5.73 Å². The fraction of sp³-hybridized carbons (Fsp3) is 0.545. The molecule has 2 aromatic rings. The van der Waals surface area contributed by atoms with E-state index < -0.39 is 6.08 Å². The van der Waals surface area contributed by atoms with Crippen LogP contribution in [0.2, 0.25) is 0 Å². The van der Waals surface area contributed by atoms with E-state index in [0.29, 0.717) is 17.1 Å². The maximum atomic E-state index is 13.2. The largest absolute Gasteiger partial charge is 0.396 e. The molecule has 0 saturated heterocycles. The molecule has 0 aliphatic heterocycles. The lowest BCUT2D eigenvalue weighted by molar-refractivity contribution is 0.226. The van der Waals surface area contributed by atoms with Crippen molar-refractivity contribution in [1.82, 2.24) is 19.5 Å². The van der Waals surface area contributed by atoms with E-state index in [4.69, 9.17) is 10.8 Å². The van der Waals surface area contributed by atoms with Gasteiger partial charge in [0.1, 0.15) is 5.52 Å². The molecule has 0 amide bonds. The van der Waals surface area contributed by atoms with Gasteiger partial charge in [-0.15, -0.1) is 0 Å². The lowest BCUT2D eigenvalue weighted by atomic mass is 10.1. The van der Waals surface area contributed by atoms with Gasteiger partial charge < -0.3 is 15.4 Å².